The van der Waals surface area contributed by atoms with Crippen molar-refractivity contribution in [2.45, 2.75) is 13.0 Å². The highest BCUT2D eigenvalue weighted by Gasteiger charge is 2.30. The number of ether oxygens (including phenoxy) is 3. The van der Waals surface area contributed by atoms with E-state index in [0.717, 1.165) is 14.2 Å². The Morgan fingerprint density at radius 2 is 1.60 bits per heavy atom. The van der Waals surface area contributed by atoms with Crippen LogP contribution in [0.25, 0.3) is 0 Å². The molecule has 7 heteroatoms. The molecule has 0 aliphatic heterocycles. The van der Waals surface area contributed by atoms with E-state index in [-0.39, 0.29) is 6.61 Å². The highest BCUT2D eigenvalue weighted by atomic mass is 16.6. The second-order valence-corrected chi connectivity index (χ2v) is 2.34. The predicted octanol–water partition coefficient (Wildman–Crippen LogP) is -0.553. The summed E-state index contributed by atoms with van der Waals surface area (Å²) in [5.41, 5.74) is 0. The molecule has 0 radical (unpaired) electrons. The Morgan fingerprint density at radius 1 is 1.13 bits per heavy atom. The minimum Gasteiger partial charge on any atom is -0.467 e. The second-order valence-electron chi connectivity index (χ2n) is 2.34. The maximum absolute atomic E-state index is 11.1. The maximum Gasteiger partial charge on any atom is 0.408 e. The van der Waals surface area contributed by atoms with E-state index in [2.05, 4.69) is 14.2 Å². The fourth-order valence-electron chi connectivity index (χ4n) is 0.740. The van der Waals surface area contributed by atoms with E-state index in [9.17, 15) is 14.4 Å². The van der Waals surface area contributed by atoms with Crippen molar-refractivity contribution in [3.8, 4) is 0 Å². The molecule has 0 fully saturated rings. The number of amides is 1. The van der Waals surface area contributed by atoms with Gasteiger partial charge in [-0.25, -0.2) is 14.4 Å². The summed E-state index contributed by atoms with van der Waals surface area (Å²) in [6.07, 6.45) is -0.890. The van der Waals surface area contributed by atoms with Gasteiger partial charge in [-0.3, -0.25) is 5.32 Å². The van der Waals surface area contributed by atoms with Crippen LogP contribution in [-0.2, 0) is 23.8 Å². The van der Waals surface area contributed by atoms with Crippen LogP contribution in [0.5, 0.6) is 0 Å². The average molecular weight is 219 g/mol. The Morgan fingerprint density at radius 3 is 1.93 bits per heavy atom. The lowest BCUT2D eigenvalue weighted by atomic mass is 10.3. The van der Waals surface area contributed by atoms with E-state index < -0.39 is 24.1 Å². The lowest BCUT2D eigenvalue weighted by Crippen LogP contribution is -2.47. The van der Waals surface area contributed by atoms with Crippen molar-refractivity contribution < 1.29 is 28.6 Å². The van der Waals surface area contributed by atoms with Gasteiger partial charge >= 0.3 is 18.0 Å². The van der Waals surface area contributed by atoms with Crippen molar-refractivity contribution in [2.24, 2.45) is 0 Å². The van der Waals surface area contributed by atoms with Gasteiger partial charge in [-0.1, -0.05) is 0 Å². The molecule has 1 N–H and O–H groups in total. The number of carbonyl (C=O) groups is 3. The third kappa shape index (κ3) is 4.30. The van der Waals surface area contributed by atoms with Crippen LogP contribution in [0, 0.1) is 0 Å². The summed E-state index contributed by atoms with van der Waals surface area (Å²) in [5.74, 6) is -1.84. The molecule has 0 saturated carbocycles. The molecular formula is C8H13NO6. The summed E-state index contributed by atoms with van der Waals surface area (Å²) in [4.78, 5) is 33.1. The summed E-state index contributed by atoms with van der Waals surface area (Å²) in [7, 11) is 2.18. The molecule has 15 heavy (non-hydrogen) atoms. The van der Waals surface area contributed by atoms with Gasteiger partial charge in [-0.05, 0) is 6.92 Å². The van der Waals surface area contributed by atoms with Gasteiger partial charge in [0.2, 0.25) is 6.04 Å². The number of nitrogens with one attached hydrogen (secondary N) is 1. The topological polar surface area (TPSA) is 90.9 Å². The van der Waals surface area contributed by atoms with E-state index in [4.69, 9.17) is 0 Å². The van der Waals surface area contributed by atoms with E-state index >= 15 is 0 Å². The number of rotatable bonds is 4. The Balaban J connectivity index is 4.44. The van der Waals surface area contributed by atoms with E-state index in [1.165, 1.54) is 0 Å². The zero-order chi connectivity index (χ0) is 11.8. The molecule has 1 amide bonds. The molecule has 0 aromatic carbocycles. The summed E-state index contributed by atoms with van der Waals surface area (Å²) < 4.78 is 13.1. The van der Waals surface area contributed by atoms with Crippen molar-refractivity contribution in [2.75, 3.05) is 20.8 Å². The van der Waals surface area contributed by atoms with Crippen LogP contribution in [0.2, 0.25) is 0 Å². The molecule has 0 aromatic rings. The zero-order valence-electron chi connectivity index (χ0n) is 8.73. The summed E-state index contributed by atoms with van der Waals surface area (Å²) >= 11 is 0. The first-order valence-electron chi connectivity index (χ1n) is 4.15. The normalized spacial score (nSPS) is 9.33. The number of alkyl carbamates (subject to hydrolysis) is 1. The zero-order valence-corrected chi connectivity index (χ0v) is 8.73. The van der Waals surface area contributed by atoms with Crippen LogP contribution in [0.3, 0.4) is 0 Å². The standard InChI is InChI=1S/C8H13NO6/c1-4-15-8(12)9-5(6(10)13-2)7(11)14-3/h5H,4H2,1-3H3,(H,9,12). The number of hydrogen-bond donors (Lipinski definition) is 1. The number of hydrogen-bond acceptors (Lipinski definition) is 6. The third-order valence-corrected chi connectivity index (χ3v) is 1.41. The number of esters is 2. The molecule has 7 nitrogen and oxygen atoms in total. The monoisotopic (exact) mass is 219 g/mol. The molecule has 0 saturated heterocycles. The minimum atomic E-state index is -1.50. The first kappa shape index (κ1) is 13.2. The first-order valence-corrected chi connectivity index (χ1v) is 4.15. The average Bonchev–Trinajstić information content (AvgIpc) is 2.24. The maximum atomic E-state index is 11.1. The molecule has 0 aliphatic carbocycles. The van der Waals surface area contributed by atoms with Crippen molar-refractivity contribution in [1.29, 1.82) is 0 Å². The summed E-state index contributed by atoms with van der Waals surface area (Å²) in [6, 6.07) is -1.50. The third-order valence-electron chi connectivity index (χ3n) is 1.41. The minimum absolute atomic E-state index is 0.126. The molecule has 0 heterocycles. The van der Waals surface area contributed by atoms with E-state index in [1.54, 1.807) is 6.92 Å². The van der Waals surface area contributed by atoms with Crippen molar-refractivity contribution >= 4 is 18.0 Å². The van der Waals surface area contributed by atoms with E-state index in [0.29, 0.717) is 0 Å². The fourth-order valence-corrected chi connectivity index (χ4v) is 0.740. The van der Waals surface area contributed by atoms with Gasteiger partial charge in [-0.15, -0.1) is 0 Å². The van der Waals surface area contributed by atoms with E-state index in [1.807, 2.05) is 5.32 Å². The highest BCUT2D eigenvalue weighted by Crippen LogP contribution is 1.93. The van der Waals surface area contributed by atoms with Gasteiger partial charge in [0.05, 0.1) is 20.8 Å². The largest absolute Gasteiger partial charge is 0.467 e. The second kappa shape index (κ2) is 6.63. The van der Waals surface area contributed by atoms with Gasteiger partial charge in [0, 0.05) is 0 Å². The van der Waals surface area contributed by atoms with Crippen molar-refractivity contribution in [3.63, 3.8) is 0 Å². The Hall–Kier alpha value is -1.79. The Labute approximate surface area is 86.7 Å². The molecule has 0 aromatic heterocycles. The number of methoxy groups -OCH3 is 2. The summed E-state index contributed by atoms with van der Waals surface area (Å²) in [5, 5.41) is 2.01. The summed E-state index contributed by atoms with van der Waals surface area (Å²) in [6.45, 7) is 1.71. The predicted molar refractivity (Wildman–Crippen MR) is 48.0 cm³/mol. The molecule has 0 unspecified atom stereocenters. The fraction of sp³-hybridized carbons (Fsp3) is 0.625. The van der Waals surface area contributed by atoms with Crippen LogP contribution in [0.1, 0.15) is 6.92 Å². The first-order chi connectivity index (χ1) is 7.06. The molecule has 0 aliphatic rings. The van der Waals surface area contributed by atoms with Crippen molar-refractivity contribution in [1.82, 2.24) is 5.32 Å². The SMILES string of the molecule is CCOC(=O)NC(C(=O)OC)C(=O)OC. The molecule has 0 atom stereocenters. The Kier molecular flexibility index (Phi) is 5.84. The van der Waals surface area contributed by atoms with Gasteiger partial charge in [-0.2, -0.15) is 0 Å². The lowest BCUT2D eigenvalue weighted by molar-refractivity contribution is -0.155. The van der Waals surface area contributed by atoms with Crippen molar-refractivity contribution in [3.05, 3.63) is 0 Å². The highest BCUT2D eigenvalue weighted by molar-refractivity contribution is 6.01. The van der Waals surface area contributed by atoms with Crippen LogP contribution in [0.4, 0.5) is 4.79 Å². The molecule has 0 bridgehead atoms. The number of carbonyl (C=O) groups excluding carboxylic acids is 3. The van der Waals surface area contributed by atoms with Gasteiger partial charge < -0.3 is 14.2 Å². The quantitative estimate of drug-likeness (QED) is 0.387. The lowest BCUT2D eigenvalue weighted by Gasteiger charge is -2.13. The van der Waals surface area contributed by atoms with Gasteiger partial charge in [0.15, 0.2) is 0 Å². The van der Waals surface area contributed by atoms with Gasteiger partial charge in [0.1, 0.15) is 0 Å². The van der Waals surface area contributed by atoms with Crippen LogP contribution in [0.15, 0.2) is 0 Å². The Bertz CT molecular complexity index is 236. The molecule has 86 valence electrons. The molecule has 0 spiro atoms. The van der Waals surface area contributed by atoms with Crippen LogP contribution >= 0.6 is 0 Å². The smallest absolute Gasteiger partial charge is 0.408 e. The van der Waals surface area contributed by atoms with Crippen LogP contribution < -0.4 is 5.32 Å². The van der Waals surface area contributed by atoms with Gasteiger partial charge in [0.25, 0.3) is 0 Å². The molecular weight excluding hydrogens is 206 g/mol. The van der Waals surface area contributed by atoms with Crippen LogP contribution in [-0.4, -0.2) is 44.9 Å². The molecule has 0 rings (SSSR count).